The van der Waals surface area contributed by atoms with Crippen LogP contribution in [0.5, 0.6) is 0 Å². The van der Waals surface area contributed by atoms with E-state index in [-0.39, 0.29) is 12.0 Å². The van der Waals surface area contributed by atoms with Crippen molar-refractivity contribution in [2.45, 2.75) is 51.3 Å². The second kappa shape index (κ2) is 8.06. The van der Waals surface area contributed by atoms with Gasteiger partial charge in [0.25, 0.3) is 5.91 Å². The van der Waals surface area contributed by atoms with E-state index in [1.54, 1.807) is 17.8 Å². The summed E-state index contributed by atoms with van der Waals surface area (Å²) in [6.45, 7) is 5.30. The Bertz CT molecular complexity index is 1720. The van der Waals surface area contributed by atoms with Crippen LogP contribution in [0.2, 0.25) is 0 Å². The summed E-state index contributed by atoms with van der Waals surface area (Å²) < 4.78 is 25.0. The van der Waals surface area contributed by atoms with Gasteiger partial charge in [0.1, 0.15) is 28.5 Å². The third-order valence-corrected chi connectivity index (χ3v) is 10.6. The number of ether oxygens (including phenoxy) is 1. The van der Waals surface area contributed by atoms with E-state index in [2.05, 4.69) is 27.7 Å². The average Bonchev–Trinajstić information content (AvgIpc) is 3.57. The van der Waals surface area contributed by atoms with E-state index in [0.29, 0.717) is 34.9 Å². The van der Waals surface area contributed by atoms with Crippen molar-refractivity contribution in [2.24, 2.45) is 23.7 Å². The Hall–Kier alpha value is -3.46. The molecule has 8 nitrogen and oxygen atoms in total. The maximum Gasteiger partial charge on any atom is 0.255 e. The molecule has 9 rings (SSSR count). The molecule has 40 heavy (non-hydrogen) atoms. The van der Waals surface area contributed by atoms with Crippen LogP contribution in [0.4, 0.5) is 10.2 Å². The van der Waals surface area contributed by atoms with Gasteiger partial charge >= 0.3 is 0 Å². The van der Waals surface area contributed by atoms with Gasteiger partial charge in [0.15, 0.2) is 0 Å². The first-order chi connectivity index (χ1) is 19.5. The summed E-state index contributed by atoms with van der Waals surface area (Å²) in [5.41, 5.74) is 4.24. The van der Waals surface area contributed by atoms with E-state index in [9.17, 15) is 4.79 Å². The highest BCUT2D eigenvalue weighted by molar-refractivity contribution is 5.95. The second-order valence-corrected chi connectivity index (χ2v) is 12.9. The van der Waals surface area contributed by atoms with Gasteiger partial charge < -0.3 is 19.1 Å². The van der Waals surface area contributed by atoms with Crippen LogP contribution in [-0.4, -0.2) is 68.9 Å². The van der Waals surface area contributed by atoms with Crippen LogP contribution in [0, 0.1) is 36.4 Å². The van der Waals surface area contributed by atoms with Crippen molar-refractivity contribution >= 4 is 28.3 Å². The van der Waals surface area contributed by atoms with E-state index in [0.717, 1.165) is 72.3 Å². The molecule has 4 atom stereocenters. The van der Waals surface area contributed by atoms with Gasteiger partial charge in [0, 0.05) is 56.5 Å². The van der Waals surface area contributed by atoms with Crippen molar-refractivity contribution in [3.63, 3.8) is 0 Å². The molecule has 9 heteroatoms. The lowest BCUT2D eigenvalue weighted by atomic mass is 9.53. The Morgan fingerprint density at radius 2 is 1.98 bits per heavy atom. The fourth-order valence-electron chi connectivity index (χ4n) is 8.00. The number of aryl methyl sites for hydroxylation is 1. The van der Waals surface area contributed by atoms with Crippen LogP contribution in [0.15, 0.2) is 30.5 Å². The van der Waals surface area contributed by atoms with Gasteiger partial charge in [0.2, 0.25) is 0 Å². The number of hydrogen-bond donors (Lipinski definition) is 0. The fraction of sp³-hybridized carbons (Fsp3) is 0.516. The number of fused-ring (bicyclic) bond motifs is 2. The van der Waals surface area contributed by atoms with Crippen molar-refractivity contribution in [1.82, 2.24) is 24.1 Å². The number of rotatable bonds is 6. The highest BCUT2D eigenvalue weighted by atomic mass is 19.1. The quantitative estimate of drug-likeness (QED) is 0.360. The van der Waals surface area contributed by atoms with E-state index in [4.69, 9.17) is 14.8 Å². The van der Waals surface area contributed by atoms with Gasteiger partial charge in [-0.3, -0.25) is 4.79 Å². The second-order valence-electron chi connectivity index (χ2n) is 12.9. The number of hydrogen-bond acceptors (Lipinski definition) is 5. The van der Waals surface area contributed by atoms with Gasteiger partial charge in [-0.05, 0) is 80.5 Å². The standard InChI is InChI=1S/C31H33FN6O2/c1-16-28(25-9-18-5-6-26(35-14-22(15-35)40-2)33-30(18)36(25)11-17-3-4-17)34-38-13-21(8-23(32)29(16)38)31(39)37-12-20-7-19-10-24(37)27(19)20/h5-6,8-9,13,17,19-20,22,24,27H,3-4,7,10-12,14-15H2,1-2H3/t19?,20?,24?,27-/m1/s1. The molecule has 4 aromatic rings. The first kappa shape index (κ1) is 23.3. The number of likely N-dealkylation sites (tertiary alicyclic amines) is 1. The third-order valence-electron chi connectivity index (χ3n) is 10.6. The van der Waals surface area contributed by atoms with Crippen LogP contribution < -0.4 is 4.90 Å². The molecule has 0 radical (unpaired) electrons. The molecule has 3 unspecified atom stereocenters. The highest BCUT2D eigenvalue weighted by Crippen LogP contribution is 2.60. The summed E-state index contributed by atoms with van der Waals surface area (Å²) in [4.78, 5) is 22.8. The first-order valence-electron chi connectivity index (χ1n) is 14.7. The van der Waals surface area contributed by atoms with E-state index in [1.165, 1.54) is 25.3 Å². The molecule has 0 N–H and O–H groups in total. The van der Waals surface area contributed by atoms with Gasteiger partial charge in [-0.1, -0.05) is 0 Å². The summed E-state index contributed by atoms with van der Waals surface area (Å²) in [6.07, 6.45) is 6.76. The normalized spacial score (nSPS) is 27.2. The molecule has 3 saturated carbocycles. The lowest BCUT2D eigenvalue weighted by molar-refractivity contribution is -0.0204. The molecule has 0 aromatic carbocycles. The summed E-state index contributed by atoms with van der Waals surface area (Å²) in [5.74, 6) is 3.26. The summed E-state index contributed by atoms with van der Waals surface area (Å²) in [6, 6.07) is 8.09. The summed E-state index contributed by atoms with van der Waals surface area (Å²) >= 11 is 0. The van der Waals surface area contributed by atoms with Crippen LogP contribution >= 0.6 is 0 Å². The molecular formula is C31H33FN6O2. The van der Waals surface area contributed by atoms with Gasteiger partial charge in [-0.15, -0.1) is 0 Å². The maximum atomic E-state index is 15.7. The van der Waals surface area contributed by atoms with Crippen LogP contribution in [0.1, 0.15) is 41.6 Å². The number of amides is 1. The number of nitrogens with zero attached hydrogens (tertiary/aromatic N) is 6. The van der Waals surface area contributed by atoms with Gasteiger partial charge in [0.05, 0.1) is 17.4 Å². The monoisotopic (exact) mass is 540 g/mol. The molecule has 1 amide bonds. The third kappa shape index (κ3) is 3.18. The topological polar surface area (TPSA) is 67.9 Å². The molecule has 0 spiro atoms. The molecule has 2 aliphatic heterocycles. The number of halogens is 1. The number of methoxy groups -OCH3 is 1. The number of aromatic nitrogens is 4. The van der Waals surface area contributed by atoms with Gasteiger partial charge in [-0.2, -0.15) is 5.10 Å². The SMILES string of the molecule is COC1CN(c2ccc3cc(-c4nn5cc(C(=O)N6CC7CC8CC6[C@H]87)cc(F)c5c4C)n(CC4CC4)c3n2)C1. The molecule has 206 valence electrons. The Morgan fingerprint density at radius 3 is 2.73 bits per heavy atom. The Kier molecular flexibility index (Phi) is 4.69. The maximum absolute atomic E-state index is 15.7. The molecule has 2 saturated heterocycles. The largest absolute Gasteiger partial charge is 0.378 e. The lowest BCUT2D eigenvalue weighted by Crippen LogP contribution is -2.53. The fourth-order valence-corrected chi connectivity index (χ4v) is 8.00. The van der Waals surface area contributed by atoms with E-state index < -0.39 is 5.82 Å². The zero-order valence-electron chi connectivity index (χ0n) is 22.9. The number of anilines is 1. The minimum absolute atomic E-state index is 0.0605. The highest BCUT2D eigenvalue weighted by Gasteiger charge is 2.61. The van der Waals surface area contributed by atoms with E-state index in [1.807, 2.05) is 11.8 Å². The lowest BCUT2D eigenvalue weighted by Gasteiger charge is -2.52. The van der Waals surface area contributed by atoms with E-state index >= 15 is 4.39 Å². The van der Waals surface area contributed by atoms with Crippen molar-refractivity contribution in [2.75, 3.05) is 31.6 Å². The predicted molar refractivity (Wildman–Crippen MR) is 149 cm³/mol. The zero-order chi connectivity index (χ0) is 26.9. The molecule has 5 aliphatic rings. The van der Waals surface area contributed by atoms with Gasteiger partial charge in [-0.25, -0.2) is 13.9 Å². The molecule has 3 aliphatic carbocycles. The van der Waals surface area contributed by atoms with Crippen LogP contribution in [0.25, 0.3) is 27.9 Å². The Labute approximate surface area is 231 Å². The van der Waals surface area contributed by atoms with Crippen LogP contribution in [0.3, 0.4) is 0 Å². The molecule has 4 aromatic heterocycles. The minimum atomic E-state index is -0.397. The molecule has 5 fully saturated rings. The van der Waals surface area contributed by atoms with Crippen molar-refractivity contribution < 1.29 is 13.9 Å². The number of carbonyl (C=O) groups is 1. The zero-order valence-corrected chi connectivity index (χ0v) is 22.9. The first-order valence-corrected chi connectivity index (χ1v) is 14.7. The molecular weight excluding hydrogens is 507 g/mol. The van der Waals surface area contributed by atoms with Crippen molar-refractivity contribution in [3.8, 4) is 11.4 Å². The van der Waals surface area contributed by atoms with Crippen molar-refractivity contribution in [1.29, 1.82) is 0 Å². The average molecular weight is 541 g/mol. The number of pyridine rings is 2. The van der Waals surface area contributed by atoms with Crippen LogP contribution in [-0.2, 0) is 11.3 Å². The predicted octanol–water partition coefficient (Wildman–Crippen LogP) is 4.52. The smallest absolute Gasteiger partial charge is 0.255 e. The minimum Gasteiger partial charge on any atom is -0.378 e. The molecule has 6 heterocycles. The number of carbonyl (C=O) groups excluding carboxylic acids is 1. The Balaban J connectivity index is 1.11. The molecule has 0 bridgehead atoms. The van der Waals surface area contributed by atoms with Crippen molar-refractivity contribution in [3.05, 3.63) is 47.4 Å². The summed E-state index contributed by atoms with van der Waals surface area (Å²) in [7, 11) is 1.75. The summed E-state index contributed by atoms with van der Waals surface area (Å²) in [5, 5.41) is 5.96. The Morgan fingerprint density at radius 1 is 1.12 bits per heavy atom.